The third kappa shape index (κ3) is 3.90. The Kier molecular flexibility index (Phi) is 4.68. The molecule has 6 heteroatoms. The van der Waals surface area contributed by atoms with Crippen LogP contribution in [0.15, 0.2) is 12.7 Å². The van der Waals surface area contributed by atoms with E-state index < -0.39 is 5.97 Å². The summed E-state index contributed by atoms with van der Waals surface area (Å²) < 4.78 is 0. The molecular formula is C11H16N2O4. The van der Waals surface area contributed by atoms with E-state index in [1.165, 1.54) is 0 Å². The van der Waals surface area contributed by atoms with Crippen LogP contribution in [0.25, 0.3) is 0 Å². The summed E-state index contributed by atoms with van der Waals surface area (Å²) in [5.41, 5.74) is 0. The number of hydrogen-bond donors (Lipinski definition) is 2. The molecule has 0 bridgehead atoms. The predicted molar refractivity (Wildman–Crippen MR) is 60.1 cm³/mol. The zero-order valence-electron chi connectivity index (χ0n) is 9.52. The molecule has 1 unspecified atom stereocenters. The molecule has 1 heterocycles. The summed E-state index contributed by atoms with van der Waals surface area (Å²) in [4.78, 5) is 35.0. The van der Waals surface area contributed by atoms with Crippen molar-refractivity contribution >= 4 is 17.8 Å². The van der Waals surface area contributed by atoms with E-state index in [0.29, 0.717) is 25.9 Å². The molecule has 1 aliphatic heterocycles. The molecule has 6 nitrogen and oxygen atoms in total. The summed E-state index contributed by atoms with van der Waals surface area (Å²) in [7, 11) is 0. The van der Waals surface area contributed by atoms with E-state index in [-0.39, 0.29) is 24.3 Å². The monoisotopic (exact) mass is 240 g/mol. The van der Waals surface area contributed by atoms with Crippen molar-refractivity contribution in [1.82, 2.24) is 10.2 Å². The van der Waals surface area contributed by atoms with Crippen LogP contribution >= 0.6 is 0 Å². The minimum Gasteiger partial charge on any atom is -0.480 e. The van der Waals surface area contributed by atoms with Crippen LogP contribution in [0.2, 0.25) is 0 Å². The molecule has 1 fully saturated rings. The van der Waals surface area contributed by atoms with Crippen molar-refractivity contribution in [3.63, 3.8) is 0 Å². The van der Waals surface area contributed by atoms with Gasteiger partial charge in [0.05, 0.1) is 5.92 Å². The van der Waals surface area contributed by atoms with E-state index in [2.05, 4.69) is 11.9 Å². The number of nitrogens with one attached hydrogen (secondary N) is 1. The van der Waals surface area contributed by atoms with E-state index in [9.17, 15) is 14.4 Å². The first kappa shape index (κ1) is 13.2. The minimum atomic E-state index is -1.08. The molecule has 0 aromatic carbocycles. The lowest BCUT2D eigenvalue weighted by Crippen LogP contribution is -2.46. The van der Waals surface area contributed by atoms with Gasteiger partial charge in [0, 0.05) is 19.5 Å². The highest BCUT2D eigenvalue weighted by atomic mass is 16.4. The first-order valence-corrected chi connectivity index (χ1v) is 5.42. The molecule has 0 aliphatic carbocycles. The summed E-state index contributed by atoms with van der Waals surface area (Å²) >= 11 is 0. The van der Waals surface area contributed by atoms with Crippen molar-refractivity contribution in [1.29, 1.82) is 0 Å². The van der Waals surface area contributed by atoms with E-state index >= 15 is 0 Å². The maximum absolute atomic E-state index is 11.6. The van der Waals surface area contributed by atoms with Crippen molar-refractivity contribution < 1.29 is 19.5 Å². The molecule has 0 saturated carbocycles. The Morgan fingerprint density at radius 2 is 2.29 bits per heavy atom. The van der Waals surface area contributed by atoms with Crippen LogP contribution in [0.3, 0.4) is 0 Å². The summed E-state index contributed by atoms with van der Waals surface area (Å²) in [6.45, 7) is 3.91. The molecule has 17 heavy (non-hydrogen) atoms. The van der Waals surface area contributed by atoms with Gasteiger partial charge >= 0.3 is 5.97 Å². The van der Waals surface area contributed by atoms with Crippen LogP contribution in [0.4, 0.5) is 0 Å². The van der Waals surface area contributed by atoms with Crippen molar-refractivity contribution in [3.8, 4) is 0 Å². The first-order chi connectivity index (χ1) is 8.04. The Balaban J connectivity index is 2.49. The van der Waals surface area contributed by atoms with Crippen LogP contribution in [-0.4, -0.2) is 47.4 Å². The summed E-state index contributed by atoms with van der Waals surface area (Å²) in [6, 6.07) is 0. The Labute approximate surface area is 99.3 Å². The molecule has 1 aliphatic rings. The standard InChI is InChI=1S/C11H16N2O4/c1-2-5-13-7-8(3-4-9(13)14)11(17)12-6-10(15)16/h2,8H,1,3-7H2,(H,12,17)(H,15,16). The van der Waals surface area contributed by atoms with Crippen molar-refractivity contribution in [3.05, 3.63) is 12.7 Å². The Bertz CT molecular complexity index is 340. The number of aliphatic carboxylic acids is 1. The third-order valence-corrected chi connectivity index (χ3v) is 2.63. The summed E-state index contributed by atoms with van der Waals surface area (Å²) in [5, 5.41) is 10.8. The number of hydrogen-bond acceptors (Lipinski definition) is 3. The molecule has 2 N–H and O–H groups in total. The Hall–Kier alpha value is -1.85. The zero-order chi connectivity index (χ0) is 12.8. The van der Waals surface area contributed by atoms with Crippen LogP contribution in [-0.2, 0) is 14.4 Å². The lowest BCUT2D eigenvalue weighted by molar-refractivity contribution is -0.141. The smallest absolute Gasteiger partial charge is 0.322 e. The zero-order valence-corrected chi connectivity index (χ0v) is 9.52. The third-order valence-electron chi connectivity index (χ3n) is 2.63. The molecule has 0 aromatic rings. The molecule has 0 radical (unpaired) electrons. The number of amides is 2. The fraction of sp³-hybridized carbons (Fsp3) is 0.545. The van der Waals surface area contributed by atoms with Gasteiger partial charge in [-0.25, -0.2) is 0 Å². The molecular weight excluding hydrogens is 224 g/mol. The molecule has 1 atom stereocenters. The maximum atomic E-state index is 11.6. The molecule has 0 spiro atoms. The van der Waals surface area contributed by atoms with E-state index in [0.717, 1.165) is 0 Å². The van der Waals surface area contributed by atoms with Crippen molar-refractivity contribution in [2.75, 3.05) is 19.6 Å². The Morgan fingerprint density at radius 3 is 2.88 bits per heavy atom. The van der Waals surface area contributed by atoms with Gasteiger partial charge in [0.15, 0.2) is 0 Å². The molecule has 94 valence electrons. The fourth-order valence-electron chi connectivity index (χ4n) is 1.77. The van der Waals surface area contributed by atoms with Gasteiger partial charge in [-0.15, -0.1) is 6.58 Å². The van der Waals surface area contributed by atoms with E-state index in [4.69, 9.17) is 5.11 Å². The number of carbonyl (C=O) groups is 3. The second-order valence-electron chi connectivity index (χ2n) is 3.93. The van der Waals surface area contributed by atoms with Gasteiger partial charge in [-0.3, -0.25) is 14.4 Å². The van der Waals surface area contributed by atoms with Gasteiger partial charge in [-0.05, 0) is 6.42 Å². The molecule has 1 rings (SSSR count). The number of carbonyl (C=O) groups excluding carboxylic acids is 2. The fourth-order valence-corrected chi connectivity index (χ4v) is 1.77. The number of carboxylic acid groups (broad SMARTS) is 1. The van der Waals surface area contributed by atoms with Crippen LogP contribution in [0.5, 0.6) is 0 Å². The average Bonchev–Trinajstić information content (AvgIpc) is 2.29. The van der Waals surface area contributed by atoms with Gasteiger partial charge in [-0.2, -0.15) is 0 Å². The number of piperidine rings is 1. The van der Waals surface area contributed by atoms with Gasteiger partial charge in [0.2, 0.25) is 11.8 Å². The quantitative estimate of drug-likeness (QED) is 0.641. The lowest BCUT2D eigenvalue weighted by atomic mass is 9.96. The van der Waals surface area contributed by atoms with E-state index in [1.807, 2.05) is 0 Å². The lowest BCUT2D eigenvalue weighted by Gasteiger charge is -2.30. The average molecular weight is 240 g/mol. The summed E-state index contributed by atoms with van der Waals surface area (Å²) in [5.74, 6) is -1.71. The highest BCUT2D eigenvalue weighted by Gasteiger charge is 2.29. The maximum Gasteiger partial charge on any atom is 0.322 e. The SMILES string of the molecule is C=CCN1CC(C(=O)NCC(=O)O)CCC1=O. The minimum absolute atomic E-state index is 0.00665. The second kappa shape index (κ2) is 6.03. The molecule has 0 aromatic heterocycles. The van der Waals surface area contributed by atoms with Crippen molar-refractivity contribution in [2.45, 2.75) is 12.8 Å². The second-order valence-corrected chi connectivity index (χ2v) is 3.93. The van der Waals surface area contributed by atoms with Crippen LogP contribution < -0.4 is 5.32 Å². The van der Waals surface area contributed by atoms with Crippen molar-refractivity contribution in [2.24, 2.45) is 5.92 Å². The molecule has 2 amide bonds. The van der Waals surface area contributed by atoms with Gasteiger partial charge in [-0.1, -0.05) is 6.08 Å². The Morgan fingerprint density at radius 1 is 1.59 bits per heavy atom. The van der Waals surface area contributed by atoms with E-state index in [1.54, 1.807) is 11.0 Å². The topological polar surface area (TPSA) is 86.7 Å². The highest BCUT2D eigenvalue weighted by molar-refractivity contribution is 5.86. The number of nitrogens with zero attached hydrogens (tertiary/aromatic N) is 1. The van der Waals surface area contributed by atoms with Gasteiger partial charge in [0.1, 0.15) is 6.54 Å². The number of carboxylic acids is 1. The predicted octanol–water partition coefficient (Wildman–Crippen LogP) is -0.388. The highest BCUT2D eigenvalue weighted by Crippen LogP contribution is 2.17. The normalized spacial score (nSPS) is 19.9. The number of rotatable bonds is 5. The largest absolute Gasteiger partial charge is 0.480 e. The van der Waals surface area contributed by atoms with Crippen LogP contribution in [0.1, 0.15) is 12.8 Å². The van der Waals surface area contributed by atoms with Gasteiger partial charge < -0.3 is 15.3 Å². The summed E-state index contributed by atoms with van der Waals surface area (Å²) in [6.07, 6.45) is 2.40. The number of likely N-dealkylation sites (tertiary alicyclic amines) is 1. The first-order valence-electron chi connectivity index (χ1n) is 5.42. The van der Waals surface area contributed by atoms with Gasteiger partial charge in [0.25, 0.3) is 0 Å². The van der Waals surface area contributed by atoms with Crippen LogP contribution in [0, 0.1) is 5.92 Å². The molecule has 1 saturated heterocycles.